The number of para-hydroxylation sites is 1. The van der Waals surface area contributed by atoms with E-state index in [-0.39, 0.29) is 5.97 Å². The van der Waals surface area contributed by atoms with Crippen LogP contribution in [0, 0.1) is 0 Å². The predicted molar refractivity (Wildman–Crippen MR) is 85.3 cm³/mol. The van der Waals surface area contributed by atoms with Crippen LogP contribution in [0.15, 0.2) is 57.4 Å². The Morgan fingerprint density at radius 3 is 2.57 bits per heavy atom. The molecule has 0 saturated heterocycles. The van der Waals surface area contributed by atoms with E-state index in [2.05, 4.69) is 15.9 Å². The normalized spacial score (nSPS) is 10.8. The van der Waals surface area contributed by atoms with Gasteiger partial charge in [-0.25, -0.2) is 4.79 Å². The summed E-state index contributed by atoms with van der Waals surface area (Å²) < 4.78 is 12.0. The van der Waals surface area contributed by atoms with Gasteiger partial charge in [-0.05, 0) is 25.1 Å². The second-order valence-corrected chi connectivity index (χ2v) is 5.45. The van der Waals surface area contributed by atoms with Gasteiger partial charge in [-0.3, -0.25) is 0 Å². The third-order valence-electron chi connectivity index (χ3n) is 3.18. The number of benzene rings is 2. The molecule has 106 valence electrons. The summed E-state index contributed by atoms with van der Waals surface area (Å²) in [6, 6.07) is 15.1. The first-order valence-corrected chi connectivity index (χ1v) is 7.44. The second-order valence-electron chi connectivity index (χ2n) is 4.53. The van der Waals surface area contributed by atoms with Crippen molar-refractivity contribution in [2.24, 2.45) is 0 Å². The standard InChI is InChI=1S/C17H13BrO3/c1-2-20-17(19)15-13-5-3-4-6-14(13)21-16(15)11-7-9-12(18)10-8-11/h3-10H,2H2,1H3. The maximum Gasteiger partial charge on any atom is 0.342 e. The van der Waals surface area contributed by atoms with E-state index >= 15 is 0 Å². The van der Waals surface area contributed by atoms with Crippen molar-refractivity contribution in [3.8, 4) is 11.3 Å². The quantitative estimate of drug-likeness (QED) is 0.625. The Hall–Kier alpha value is -2.07. The summed E-state index contributed by atoms with van der Waals surface area (Å²) in [6.07, 6.45) is 0. The third kappa shape index (κ3) is 2.59. The van der Waals surface area contributed by atoms with Crippen LogP contribution < -0.4 is 0 Å². The van der Waals surface area contributed by atoms with Gasteiger partial charge in [0.1, 0.15) is 16.9 Å². The fourth-order valence-corrected chi connectivity index (χ4v) is 2.52. The molecule has 3 aromatic rings. The molecule has 0 aliphatic heterocycles. The highest BCUT2D eigenvalue weighted by molar-refractivity contribution is 9.10. The van der Waals surface area contributed by atoms with E-state index in [4.69, 9.17) is 9.15 Å². The number of carbonyl (C=O) groups excluding carboxylic acids is 1. The van der Waals surface area contributed by atoms with Crippen LogP contribution in [0.2, 0.25) is 0 Å². The highest BCUT2D eigenvalue weighted by atomic mass is 79.9. The van der Waals surface area contributed by atoms with Crippen LogP contribution in [0.5, 0.6) is 0 Å². The number of hydrogen-bond donors (Lipinski definition) is 0. The Balaban J connectivity index is 2.23. The van der Waals surface area contributed by atoms with Crippen molar-refractivity contribution in [2.45, 2.75) is 6.92 Å². The first-order chi connectivity index (χ1) is 10.2. The summed E-state index contributed by atoms with van der Waals surface area (Å²) in [6.45, 7) is 2.12. The molecular formula is C17H13BrO3. The van der Waals surface area contributed by atoms with E-state index in [0.29, 0.717) is 23.5 Å². The number of carbonyl (C=O) groups is 1. The van der Waals surface area contributed by atoms with Crippen molar-refractivity contribution < 1.29 is 13.9 Å². The SMILES string of the molecule is CCOC(=O)c1c(-c2ccc(Br)cc2)oc2ccccc12. The van der Waals surface area contributed by atoms with E-state index in [0.717, 1.165) is 15.4 Å². The molecule has 0 radical (unpaired) electrons. The molecule has 0 spiro atoms. The number of esters is 1. The van der Waals surface area contributed by atoms with Crippen LogP contribution in [0.4, 0.5) is 0 Å². The fourth-order valence-electron chi connectivity index (χ4n) is 2.26. The van der Waals surface area contributed by atoms with E-state index in [1.165, 1.54) is 0 Å². The Bertz CT molecular complexity index is 787. The average Bonchev–Trinajstić information content (AvgIpc) is 2.87. The number of rotatable bonds is 3. The Morgan fingerprint density at radius 1 is 1.14 bits per heavy atom. The number of ether oxygens (including phenoxy) is 1. The topological polar surface area (TPSA) is 39.4 Å². The molecule has 0 unspecified atom stereocenters. The Labute approximate surface area is 130 Å². The molecule has 1 aromatic heterocycles. The monoisotopic (exact) mass is 344 g/mol. The van der Waals surface area contributed by atoms with Gasteiger partial charge >= 0.3 is 5.97 Å². The molecule has 0 saturated carbocycles. The number of hydrogen-bond acceptors (Lipinski definition) is 3. The first-order valence-electron chi connectivity index (χ1n) is 6.65. The summed E-state index contributed by atoms with van der Waals surface area (Å²) >= 11 is 3.40. The molecule has 0 aliphatic carbocycles. The molecule has 4 heteroatoms. The lowest BCUT2D eigenvalue weighted by Gasteiger charge is -2.03. The van der Waals surface area contributed by atoms with E-state index in [1.807, 2.05) is 48.5 Å². The largest absolute Gasteiger partial charge is 0.462 e. The van der Waals surface area contributed by atoms with Gasteiger partial charge in [0.25, 0.3) is 0 Å². The zero-order valence-corrected chi connectivity index (χ0v) is 13.0. The van der Waals surface area contributed by atoms with Crippen LogP contribution in [-0.4, -0.2) is 12.6 Å². The van der Waals surface area contributed by atoms with Gasteiger partial charge in [-0.2, -0.15) is 0 Å². The fraction of sp³-hybridized carbons (Fsp3) is 0.118. The molecule has 0 aliphatic rings. The lowest BCUT2D eigenvalue weighted by atomic mass is 10.1. The second kappa shape index (κ2) is 5.74. The van der Waals surface area contributed by atoms with Crippen LogP contribution >= 0.6 is 15.9 Å². The summed E-state index contributed by atoms with van der Waals surface area (Å²) in [5.41, 5.74) is 2.01. The van der Waals surface area contributed by atoms with E-state index in [1.54, 1.807) is 6.92 Å². The van der Waals surface area contributed by atoms with Crippen LogP contribution in [-0.2, 0) is 4.74 Å². The van der Waals surface area contributed by atoms with Crippen molar-refractivity contribution in [1.29, 1.82) is 0 Å². The highest BCUT2D eigenvalue weighted by Gasteiger charge is 2.22. The number of fused-ring (bicyclic) bond motifs is 1. The average molecular weight is 345 g/mol. The molecule has 0 N–H and O–H groups in total. The van der Waals surface area contributed by atoms with Gasteiger partial charge in [0.2, 0.25) is 0 Å². The molecule has 21 heavy (non-hydrogen) atoms. The lowest BCUT2D eigenvalue weighted by Crippen LogP contribution is -2.05. The van der Waals surface area contributed by atoms with Gasteiger partial charge in [0, 0.05) is 15.4 Å². The number of halogens is 1. The zero-order chi connectivity index (χ0) is 14.8. The van der Waals surface area contributed by atoms with E-state index in [9.17, 15) is 4.79 Å². The van der Waals surface area contributed by atoms with Crippen LogP contribution in [0.25, 0.3) is 22.3 Å². The maximum atomic E-state index is 12.3. The van der Waals surface area contributed by atoms with Crippen molar-refractivity contribution in [3.63, 3.8) is 0 Å². The molecule has 0 atom stereocenters. The lowest BCUT2D eigenvalue weighted by molar-refractivity contribution is 0.0529. The van der Waals surface area contributed by atoms with Crippen molar-refractivity contribution in [3.05, 3.63) is 58.6 Å². The van der Waals surface area contributed by atoms with Crippen LogP contribution in [0.1, 0.15) is 17.3 Å². The maximum absolute atomic E-state index is 12.3. The highest BCUT2D eigenvalue weighted by Crippen LogP contribution is 2.34. The molecule has 1 heterocycles. The molecule has 0 bridgehead atoms. The smallest absolute Gasteiger partial charge is 0.342 e. The zero-order valence-electron chi connectivity index (χ0n) is 11.4. The van der Waals surface area contributed by atoms with Crippen molar-refractivity contribution in [1.82, 2.24) is 0 Å². The minimum atomic E-state index is -0.361. The minimum absolute atomic E-state index is 0.331. The summed E-state index contributed by atoms with van der Waals surface area (Å²) in [5, 5.41) is 0.772. The Kier molecular flexibility index (Phi) is 3.80. The van der Waals surface area contributed by atoms with Gasteiger partial charge in [0.05, 0.1) is 6.61 Å². The molecule has 0 fully saturated rings. The Morgan fingerprint density at radius 2 is 1.86 bits per heavy atom. The van der Waals surface area contributed by atoms with E-state index < -0.39 is 0 Å². The molecule has 0 amide bonds. The number of furan rings is 1. The first kappa shape index (κ1) is 13.9. The summed E-state index contributed by atoms with van der Waals surface area (Å²) in [5.74, 6) is 0.183. The van der Waals surface area contributed by atoms with Gasteiger partial charge in [0.15, 0.2) is 0 Å². The minimum Gasteiger partial charge on any atom is -0.462 e. The van der Waals surface area contributed by atoms with Gasteiger partial charge in [-0.1, -0.05) is 46.3 Å². The summed E-state index contributed by atoms with van der Waals surface area (Å²) in [4.78, 5) is 12.3. The molecular weight excluding hydrogens is 332 g/mol. The van der Waals surface area contributed by atoms with Crippen LogP contribution in [0.3, 0.4) is 0 Å². The molecule has 3 nitrogen and oxygen atoms in total. The third-order valence-corrected chi connectivity index (χ3v) is 3.71. The molecule has 2 aromatic carbocycles. The van der Waals surface area contributed by atoms with Gasteiger partial charge < -0.3 is 9.15 Å². The molecule has 3 rings (SSSR count). The van der Waals surface area contributed by atoms with Gasteiger partial charge in [-0.15, -0.1) is 0 Å². The predicted octanol–water partition coefficient (Wildman–Crippen LogP) is 5.04. The summed E-state index contributed by atoms with van der Waals surface area (Å²) in [7, 11) is 0. The van der Waals surface area contributed by atoms with Crippen molar-refractivity contribution >= 4 is 32.9 Å². The van der Waals surface area contributed by atoms with Crippen molar-refractivity contribution in [2.75, 3.05) is 6.61 Å².